The van der Waals surface area contributed by atoms with Gasteiger partial charge in [0.25, 0.3) is 5.91 Å². The molecule has 1 heterocycles. The second-order valence-corrected chi connectivity index (χ2v) is 5.11. The van der Waals surface area contributed by atoms with Crippen molar-refractivity contribution in [2.75, 3.05) is 6.61 Å². The molecular weight excluding hydrogens is 334 g/mol. The Morgan fingerprint density at radius 2 is 2.05 bits per heavy atom. The van der Waals surface area contributed by atoms with Crippen LogP contribution in [0.1, 0.15) is 12.6 Å². The van der Waals surface area contributed by atoms with E-state index in [0.717, 1.165) is 4.47 Å². The SMILES string of the molecule is C/C(=N\NC(=O)COc1ccc(Br)cc1)c1ccccn1. The van der Waals surface area contributed by atoms with Crippen molar-refractivity contribution < 1.29 is 9.53 Å². The molecule has 6 heteroatoms. The monoisotopic (exact) mass is 347 g/mol. The maximum Gasteiger partial charge on any atom is 0.277 e. The summed E-state index contributed by atoms with van der Waals surface area (Å²) in [7, 11) is 0. The van der Waals surface area contributed by atoms with Gasteiger partial charge < -0.3 is 4.74 Å². The summed E-state index contributed by atoms with van der Waals surface area (Å²) in [6.07, 6.45) is 1.67. The van der Waals surface area contributed by atoms with Crippen molar-refractivity contribution >= 4 is 27.5 Å². The molecule has 0 aliphatic rings. The largest absolute Gasteiger partial charge is 0.484 e. The second-order valence-electron chi connectivity index (χ2n) is 4.19. The molecule has 1 N–H and O–H groups in total. The van der Waals surface area contributed by atoms with Crippen LogP contribution in [0.5, 0.6) is 5.75 Å². The van der Waals surface area contributed by atoms with Crippen molar-refractivity contribution in [1.29, 1.82) is 0 Å². The van der Waals surface area contributed by atoms with E-state index < -0.39 is 0 Å². The van der Waals surface area contributed by atoms with Gasteiger partial charge in [0.2, 0.25) is 0 Å². The van der Waals surface area contributed by atoms with Crippen LogP contribution in [0.3, 0.4) is 0 Å². The molecule has 0 fully saturated rings. The van der Waals surface area contributed by atoms with E-state index >= 15 is 0 Å². The molecule has 0 bridgehead atoms. The van der Waals surface area contributed by atoms with Crippen molar-refractivity contribution in [3.63, 3.8) is 0 Å². The summed E-state index contributed by atoms with van der Waals surface area (Å²) in [5, 5.41) is 3.99. The van der Waals surface area contributed by atoms with Crippen molar-refractivity contribution in [1.82, 2.24) is 10.4 Å². The highest BCUT2D eigenvalue weighted by atomic mass is 79.9. The number of hydrogen-bond acceptors (Lipinski definition) is 4. The minimum Gasteiger partial charge on any atom is -0.484 e. The number of ether oxygens (including phenoxy) is 1. The predicted octanol–water partition coefficient (Wildman–Crippen LogP) is 2.76. The number of aromatic nitrogens is 1. The van der Waals surface area contributed by atoms with Crippen molar-refractivity contribution in [3.8, 4) is 5.75 Å². The van der Waals surface area contributed by atoms with Gasteiger partial charge in [-0.05, 0) is 43.3 Å². The number of carbonyl (C=O) groups is 1. The van der Waals surface area contributed by atoms with Gasteiger partial charge in [0.05, 0.1) is 11.4 Å². The van der Waals surface area contributed by atoms with Crippen LogP contribution in [0.15, 0.2) is 58.2 Å². The van der Waals surface area contributed by atoms with Gasteiger partial charge in [0.1, 0.15) is 5.75 Å². The van der Waals surface area contributed by atoms with Gasteiger partial charge in [-0.25, -0.2) is 5.43 Å². The van der Waals surface area contributed by atoms with Crippen molar-refractivity contribution in [2.24, 2.45) is 5.10 Å². The standard InChI is InChI=1S/C15H14BrN3O2/c1-11(14-4-2-3-9-17-14)18-19-15(20)10-21-13-7-5-12(16)6-8-13/h2-9H,10H2,1H3,(H,19,20)/b18-11+. The first kappa shape index (κ1) is 15.2. The van der Waals surface area contributed by atoms with E-state index in [4.69, 9.17) is 4.74 Å². The third-order valence-corrected chi connectivity index (χ3v) is 3.10. The molecule has 0 saturated carbocycles. The summed E-state index contributed by atoms with van der Waals surface area (Å²) in [5.41, 5.74) is 3.78. The Hall–Kier alpha value is -2.21. The molecule has 2 rings (SSSR count). The molecular formula is C15H14BrN3O2. The molecule has 108 valence electrons. The Morgan fingerprint density at radius 1 is 1.29 bits per heavy atom. The summed E-state index contributed by atoms with van der Waals surface area (Å²) < 4.78 is 6.30. The molecule has 1 amide bonds. The van der Waals surface area contributed by atoms with Gasteiger partial charge in [-0.3, -0.25) is 9.78 Å². The van der Waals surface area contributed by atoms with Gasteiger partial charge in [-0.15, -0.1) is 0 Å². The number of nitrogens with one attached hydrogen (secondary N) is 1. The van der Waals surface area contributed by atoms with E-state index in [2.05, 4.69) is 31.4 Å². The molecule has 1 aromatic heterocycles. The number of benzene rings is 1. The lowest BCUT2D eigenvalue weighted by molar-refractivity contribution is -0.123. The molecule has 0 aliphatic heterocycles. The zero-order chi connectivity index (χ0) is 15.1. The number of rotatable bonds is 5. The van der Waals surface area contributed by atoms with Gasteiger partial charge in [0.15, 0.2) is 6.61 Å². The topological polar surface area (TPSA) is 63.6 Å². The molecule has 1 aromatic carbocycles. The average Bonchev–Trinajstić information content (AvgIpc) is 2.53. The fourth-order valence-corrected chi connectivity index (χ4v) is 1.76. The van der Waals surface area contributed by atoms with Crippen LogP contribution < -0.4 is 10.2 Å². The molecule has 0 atom stereocenters. The molecule has 2 aromatic rings. The lowest BCUT2D eigenvalue weighted by Gasteiger charge is -2.05. The van der Waals surface area contributed by atoms with Gasteiger partial charge in [-0.1, -0.05) is 22.0 Å². The zero-order valence-corrected chi connectivity index (χ0v) is 13.0. The lowest BCUT2D eigenvalue weighted by Crippen LogP contribution is -2.25. The van der Waals surface area contributed by atoms with Crippen LogP contribution in [0, 0.1) is 0 Å². The Kier molecular flexibility index (Phi) is 5.45. The summed E-state index contributed by atoms with van der Waals surface area (Å²) in [6, 6.07) is 12.7. The van der Waals surface area contributed by atoms with Gasteiger partial charge >= 0.3 is 0 Å². The predicted molar refractivity (Wildman–Crippen MR) is 84.2 cm³/mol. The number of nitrogens with zero attached hydrogens (tertiary/aromatic N) is 2. The highest BCUT2D eigenvalue weighted by Crippen LogP contribution is 2.15. The molecule has 0 spiro atoms. The van der Waals surface area contributed by atoms with Crippen LogP contribution in [-0.2, 0) is 4.79 Å². The zero-order valence-electron chi connectivity index (χ0n) is 11.4. The minimum atomic E-state index is -0.326. The third-order valence-electron chi connectivity index (χ3n) is 2.57. The number of hydrazone groups is 1. The van der Waals surface area contributed by atoms with E-state index in [1.807, 2.05) is 30.3 Å². The van der Waals surface area contributed by atoms with Crippen molar-refractivity contribution in [2.45, 2.75) is 6.92 Å². The van der Waals surface area contributed by atoms with E-state index in [1.54, 1.807) is 25.3 Å². The summed E-state index contributed by atoms with van der Waals surface area (Å²) >= 11 is 3.33. The number of pyridine rings is 1. The van der Waals surface area contributed by atoms with Crippen molar-refractivity contribution in [3.05, 3.63) is 58.8 Å². The highest BCUT2D eigenvalue weighted by molar-refractivity contribution is 9.10. The second kappa shape index (κ2) is 7.54. The fourth-order valence-electron chi connectivity index (χ4n) is 1.49. The van der Waals surface area contributed by atoms with E-state index in [-0.39, 0.29) is 12.5 Å². The summed E-state index contributed by atoms with van der Waals surface area (Å²) in [4.78, 5) is 15.8. The van der Waals surface area contributed by atoms with Gasteiger partial charge in [0, 0.05) is 10.7 Å². The Bertz CT molecular complexity index is 627. The number of amides is 1. The Labute approximate surface area is 131 Å². The summed E-state index contributed by atoms with van der Waals surface area (Å²) in [6.45, 7) is 1.68. The van der Waals surface area contributed by atoms with E-state index in [1.165, 1.54) is 0 Å². The van der Waals surface area contributed by atoms with E-state index in [0.29, 0.717) is 17.2 Å². The van der Waals surface area contributed by atoms with Crippen LogP contribution in [0.2, 0.25) is 0 Å². The van der Waals surface area contributed by atoms with Crippen LogP contribution in [0.4, 0.5) is 0 Å². The molecule has 0 aliphatic carbocycles. The molecule has 21 heavy (non-hydrogen) atoms. The highest BCUT2D eigenvalue weighted by Gasteiger charge is 2.03. The first-order valence-electron chi connectivity index (χ1n) is 6.28. The average molecular weight is 348 g/mol. The maximum atomic E-state index is 11.6. The number of carbonyl (C=O) groups excluding carboxylic acids is 1. The normalized spacial score (nSPS) is 11.0. The van der Waals surface area contributed by atoms with Crippen LogP contribution in [0.25, 0.3) is 0 Å². The molecule has 0 saturated heterocycles. The number of hydrogen-bond donors (Lipinski definition) is 1. The van der Waals surface area contributed by atoms with Crippen LogP contribution >= 0.6 is 15.9 Å². The minimum absolute atomic E-state index is 0.0966. The maximum absolute atomic E-state index is 11.6. The van der Waals surface area contributed by atoms with Crippen LogP contribution in [-0.4, -0.2) is 23.2 Å². The number of halogens is 1. The van der Waals surface area contributed by atoms with Gasteiger partial charge in [-0.2, -0.15) is 5.10 Å². The summed E-state index contributed by atoms with van der Waals surface area (Å²) in [5.74, 6) is 0.298. The Balaban J connectivity index is 1.83. The first-order valence-corrected chi connectivity index (χ1v) is 7.07. The third kappa shape index (κ3) is 5.00. The fraction of sp³-hybridized carbons (Fsp3) is 0.133. The quantitative estimate of drug-likeness (QED) is 0.668. The smallest absolute Gasteiger partial charge is 0.277 e. The molecule has 5 nitrogen and oxygen atoms in total. The lowest BCUT2D eigenvalue weighted by atomic mass is 10.3. The Morgan fingerprint density at radius 3 is 2.71 bits per heavy atom. The molecule has 0 unspecified atom stereocenters. The molecule has 0 radical (unpaired) electrons. The first-order chi connectivity index (χ1) is 10.1. The van der Waals surface area contributed by atoms with E-state index in [9.17, 15) is 4.79 Å².